The molecule has 0 saturated carbocycles. The molecule has 0 aliphatic carbocycles. The number of hydrogen-bond acceptors (Lipinski definition) is 3. The number of aromatic nitrogens is 1. The van der Waals surface area contributed by atoms with E-state index in [1.165, 1.54) is 35.6 Å². The van der Waals surface area contributed by atoms with Crippen LogP contribution < -0.4 is 5.32 Å². The van der Waals surface area contributed by atoms with Gasteiger partial charge >= 0.3 is 0 Å². The van der Waals surface area contributed by atoms with E-state index in [1.807, 2.05) is 5.38 Å². The van der Waals surface area contributed by atoms with Crippen LogP contribution in [-0.4, -0.2) is 10.9 Å². The van der Waals surface area contributed by atoms with Crippen LogP contribution in [0.25, 0.3) is 0 Å². The first-order chi connectivity index (χ1) is 7.75. The number of amides is 1. The molecule has 1 aromatic carbocycles. The first-order valence-corrected chi connectivity index (χ1v) is 5.61. The van der Waals surface area contributed by atoms with E-state index in [9.17, 15) is 9.18 Å². The summed E-state index contributed by atoms with van der Waals surface area (Å²) in [5.74, 6) is -0.580. The van der Waals surface area contributed by atoms with Gasteiger partial charge in [0.25, 0.3) is 5.91 Å². The highest BCUT2D eigenvalue weighted by Crippen LogP contribution is 2.04. The van der Waals surface area contributed by atoms with E-state index in [0.29, 0.717) is 12.1 Å². The lowest BCUT2D eigenvalue weighted by Gasteiger charge is -2.02. The fraction of sp³-hybridized carbons (Fsp3) is 0.0909. The molecule has 0 spiro atoms. The maximum Gasteiger partial charge on any atom is 0.251 e. The molecule has 0 aliphatic rings. The molecule has 0 atom stereocenters. The minimum atomic E-state index is -0.351. The Hall–Kier alpha value is -1.75. The summed E-state index contributed by atoms with van der Waals surface area (Å²) in [5.41, 5.74) is 2.97. The monoisotopic (exact) mass is 236 g/mol. The van der Waals surface area contributed by atoms with E-state index >= 15 is 0 Å². The summed E-state index contributed by atoms with van der Waals surface area (Å²) in [6.45, 7) is 0.389. The highest BCUT2D eigenvalue weighted by molar-refractivity contribution is 7.07. The molecule has 16 heavy (non-hydrogen) atoms. The van der Waals surface area contributed by atoms with Crippen LogP contribution in [0, 0.1) is 5.82 Å². The Morgan fingerprint density at radius 3 is 2.75 bits per heavy atom. The van der Waals surface area contributed by atoms with Gasteiger partial charge in [-0.15, -0.1) is 11.3 Å². The number of nitrogens with zero attached hydrogens (tertiary/aromatic N) is 1. The molecule has 5 heteroatoms. The lowest BCUT2D eigenvalue weighted by molar-refractivity contribution is 0.0950. The molecule has 2 rings (SSSR count). The second-order valence-electron chi connectivity index (χ2n) is 3.17. The molecule has 2 aromatic rings. The van der Waals surface area contributed by atoms with E-state index in [0.717, 1.165) is 5.69 Å². The average molecular weight is 236 g/mol. The molecule has 0 saturated heterocycles. The highest BCUT2D eigenvalue weighted by Gasteiger charge is 2.05. The Labute approximate surface area is 96.0 Å². The van der Waals surface area contributed by atoms with Crippen molar-refractivity contribution in [3.05, 3.63) is 52.2 Å². The van der Waals surface area contributed by atoms with Gasteiger partial charge in [0.2, 0.25) is 0 Å². The largest absolute Gasteiger partial charge is 0.346 e. The number of hydrogen-bond donors (Lipinski definition) is 1. The summed E-state index contributed by atoms with van der Waals surface area (Å²) in [5, 5.41) is 4.57. The molecule has 0 radical (unpaired) electrons. The molecular formula is C11H9FN2OS. The summed E-state index contributed by atoms with van der Waals surface area (Å²) >= 11 is 1.48. The van der Waals surface area contributed by atoms with Crippen molar-refractivity contribution in [2.24, 2.45) is 0 Å². The molecular weight excluding hydrogens is 227 g/mol. The van der Waals surface area contributed by atoms with Crippen molar-refractivity contribution in [3.63, 3.8) is 0 Å². The molecule has 0 unspecified atom stereocenters. The van der Waals surface area contributed by atoms with E-state index in [4.69, 9.17) is 0 Å². The van der Waals surface area contributed by atoms with E-state index in [1.54, 1.807) is 5.51 Å². The Balaban J connectivity index is 1.95. The van der Waals surface area contributed by atoms with Crippen molar-refractivity contribution in [2.75, 3.05) is 0 Å². The molecule has 0 aliphatic heterocycles. The minimum Gasteiger partial charge on any atom is -0.346 e. The van der Waals surface area contributed by atoms with Gasteiger partial charge in [-0.1, -0.05) is 0 Å². The van der Waals surface area contributed by atoms with Gasteiger partial charge in [0.05, 0.1) is 17.7 Å². The number of carbonyl (C=O) groups is 1. The van der Waals surface area contributed by atoms with Gasteiger partial charge in [-0.05, 0) is 24.3 Å². The summed E-state index contributed by atoms with van der Waals surface area (Å²) in [7, 11) is 0. The average Bonchev–Trinajstić information content (AvgIpc) is 2.80. The maximum atomic E-state index is 12.6. The summed E-state index contributed by atoms with van der Waals surface area (Å²) in [6, 6.07) is 5.42. The van der Waals surface area contributed by atoms with Gasteiger partial charge in [0, 0.05) is 10.9 Å². The Morgan fingerprint density at radius 2 is 2.12 bits per heavy atom. The molecule has 0 fully saturated rings. The summed E-state index contributed by atoms with van der Waals surface area (Å²) in [6.07, 6.45) is 0. The second kappa shape index (κ2) is 4.85. The van der Waals surface area contributed by atoms with Gasteiger partial charge in [-0.25, -0.2) is 9.37 Å². The Morgan fingerprint density at radius 1 is 1.38 bits per heavy atom. The summed E-state index contributed by atoms with van der Waals surface area (Å²) < 4.78 is 12.6. The molecule has 1 heterocycles. The molecule has 3 nitrogen and oxygen atoms in total. The first-order valence-electron chi connectivity index (χ1n) is 4.66. The quantitative estimate of drug-likeness (QED) is 0.887. The maximum absolute atomic E-state index is 12.6. The first kappa shape index (κ1) is 10.8. The number of rotatable bonds is 3. The molecule has 1 aromatic heterocycles. The molecule has 82 valence electrons. The van der Waals surface area contributed by atoms with Crippen LogP contribution in [-0.2, 0) is 6.54 Å². The van der Waals surface area contributed by atoms with E-state index in [-0.39, 0.29) is 11.7 Å². The Kier molecular flexibility index (Phi) is 3.26. The Bertz CT molecular complexity index is 467. The zero-order valence-corrected chi connectivity index (χ0v) is 9.13. The van der Waals surface area contributed by atoms with Crippen LogP contribution in [0.2, 0.25) is 0 Å². The third-order valence-corrected chi connectivity index (χ3v) is 2.66. The zero-order chi connectivity index (χ0) is 11.4. The van der Waals surface area contributed by atoms with Crippen molar-refractivity contribution >= 4 is 17.2 Å². The number of thiazole rings is 1. The van der Waals surface area contributed by atoms with Crippen molar-refractivity contribution in [2.45, 2.75) is 6.54 Å². The van der Waals surface area contributed by atoms with Crippen LogP contribution in [0.4, 0.5) is 4.39 Å². The third-order valence-electron chi connectivity index (χ3n) is 2.02. The normalized spacial score (nSPS) is 10.1. The van der Waals surface area contributed by atoms with Crippen molar-refractivity contribution < 1.29 is 9.18 Å². The molecule has 1 N–H and O–H groups in total. The smallest absolute Gasteiger partial charge is 0.251 e. The van der Waals surface area contributed by atoms with Crippen LogP contribution in [0.5, 0.6) is 0 Å². The topological polar surface area (TPSA) is 42.0 Å². The van der Waals surface area contributed by atoms with Crippen molar-refractivity contribution in [1.29, 1.82) is 0 Å². The predicted molar refractivity (Wildman–Crippen MR) is 59.7 cm³/mol. The third kappa shape index (κ3) is 2.64. The minimum absolute atomic E-state index is 0.229. The lowest BCUT2D eigenvalue weighted by Crippen LogP contribution is -2.22. The number of nitrogens with one attached hydrogen (secondary N) is 1. The van der Waals surface area contributed by atoms with Crippen molar-refractivity contribution in [1.82, 2.24) is 10.3 Å². The lowest BCUT2D eigenvalue weighted by atomic mass is 10.2. The van der Waals surface area contributed by atoms with Crippen LogP contribution in [0.3, 0.4) is 0 Å². The van der Waals surface area contributed by atoms with Gasteiger partial charge in [0.15, 0.2) is 0 Å². The van der Waals surface area contributed by atoms with Gasteiger partial charge in [-0.2, -0.15) is 0 Å². The summed E-state index contributed by atoms with van der Waals surface area (Å²) in [4.78, 5) is 15.6. The fourth-order valence-electron chi connectivity index (χ4n) is 1.20. The van der Waals surface area contributed by atoms with Crippen molar-refractivity contribution in [3.8, 4) is 0 Å². The molecule has 1 amide bonds. The van der Waals surface area contributed by atoms with E-state index in [2.05, 4.69) is 10.3 Å². The standard InChI is InChI=1S/C11H9FN2OS/c12-9-3-1-8(2-4-9)11(15)13-5-10-6-16-7-14-10/h1-4,6-7H,5H2,(H,13,15). The SMILES string of the molecule is O=C(NCc1cscn1)c1ccc(F)cc1. The van der Waals surface area contributed by atoms with E-state index < -0.39 is 0 Å². The fourth-order valence-corrected chi connectivity index (χ4v) is 1.76. The zero-order valence-electron chi connectivity index (χ0n) is 8.31. The second-order valence-corrected chi connectivity index (χ2v) is 3.89. The van der Waals surface area contributed by atoms with Gasteiger partial charge < -0.3 is 5.32 Å². The van der Waals surface area contributed by atoms with Gasteiger partial charge in [0.1, 0.15) is 5.82 Å². The molecule has 0 bridgehead atoms. The number of carbonyl (C=O) groups excluding carboxylic acids is 1. The number of benzene rings is 1. The van der Waals surface area contributed by atoms with Gasteiger partial charge in [-0.3, -0.25) is 4.79 Å². The predicted octanol–water partition coefficient (Wildman–Crippen LogP) is 2.21. The van der Waals surface area contributed by atoms with Crippen LogP contribution in [0.1, 0.15) is 16.1 Å². The number of halogens is 1. The highest BCUT2D eigenvalue weighted by atomic mass is 32.1. The van der Waals surface area contributed by atoms with Crippen LogP contribution in [0.15, 0.2) is 35.2 Å². The van der Waals surface area contributed by atoms with Crippen LogP contribution >= 0.6 is 11.3 Å².